The fourth-order valence-electron chi connectivity index (χ4n) is 2.81. The normalized spacial score (nSPS) is 16.9. The summed E-state index contributed by atoms with van der Waals surface area (Å²) in [6.45, 7) is 4.75. The maximum atomic E-state index is 11.7. The van der Waals surface area contributed by atoms with Crippen molar-refractivity contribution in [1.82, 2.24) is 10.3 Å². The molecule has 0 unspecified atom stereocenters. The Morgan fingerprint density at radius 3 is 2.88 bits per heavy atom. The smallest absolute Gasteiger partial charge is 0.252 e. The lowest BCUT2D eigenvalue weighted by molar-refractivity contribution is -0.119. The molecular formula is C18H21N3O4. The Morgan fingerprint density at radius 2 is 2.24 bits per heavy atom. The van der Waals surface area contributed by atoms with Gasteiger partial charge in [-0.25, -0.2) is 4.98 Å². The summed E-state index contributed by atoms with van der Waals surface area (Å²) in [4.78, 5) is 27.3. The van der Waals surface area contributed by atoms with Gasteiger partial charge in [0, 0.05) is 30.5 Å². The van der Waals surface area contributed by atoms with Gasteiger partial charge in [-0.2, -0.15) is 0 Å². The lowest BCUT2D eigenvalue weighted by Gasteiger charge is -2.16. The van der Waals surface area contributed by atoms with Crippen LogP contribution >= 0.6 is 0 Å². The lowest BCUT2D eigenvalue weighted by atomic mass is 10.1. The molecule has 1 aliphatic rings. The fourth-order valence-corrected chi connectivity index (χ4v) is 2.81. The van der Waals surface area contributed by atoms with E-state index in [4.69, 9.17) is 15.2 Å². The molecule has 132 valence electrons. The Morgan fingerprint density at radius 1 is 1.44 bits per heavy atom. The minimum absolute atomic E-state index is 0.0400. The zero-order valence-corrected chi connectivity index (χ0v) is 14.2. The monoisotopic (exact) mass is 343 g/mol. The summed E-state index contributed by atoms with van der Waals surface area (Å²) in [6.07, 6.45) is 1.97. The van der Waals surface area contributed by atoms with Gasteiger partial charge in [-0.3, -0.25) is 9.59 Å². The number of hydrogen-bond donors (Lipinski definition) is 2. The molecule has 0 aliphatic carbocycles. The zero-order valence-electron chi connectivity index (χ0n) is 14.2. The number of aromatic nitrogens is 1. The molecule has 1 saturated heterocycles. The number of amides is 2. The quantitative estimate of drug-likeness (QED) is 0.830. The third-order valence-electron chi connectivity index (χ3n) is 3.97. The summed E-state index contributed by atoms with van der Waals surface area (Å²) in [5, 5.41) is 4.31. The van der Waals surface area contributed by atoms with Crippen molar-refractivity contribution in [3.05, 3.63) is 30.0 Å². The van der Waals surface area contributed by atoms with Gasteiger partial charge in [0.1, 0.15) is 5.75 Å². The second-order valence-electron chi connectivity index (χ2n) is 6.40. The summed E-state index contributed by atoms with van der Waals surface area (Å²) in [5.74, 6) is 0.471. The molecular weight excluding hydrogens is 322 g/mol. The van der Waals surface area contributed by atoms with Crippen LogP contribution in [0.5, 0.6) is 11.6 Å². The third kappa shape index (κ3) is 3.81. The van der Waals surface area contributed by atoms with Crippen molar-refractivity contribution < 1.29 is 19.1 Å². The highest BCUT2D eigenvalue weighted by Gasteiger charge is 2.22. The first-order valence-corrected chi connectivity index (χ1v) is 8.22. The van der Waals surface area contributed by atoms with E-state index in [1.807, 2.05) is 13.8 Å². The van der Waals surface area contributed by atoms with Gasteiger partial charge in [0.2, 0.25) is 11.8 Å². The molecule has 7 nitrogen and oxygen atoms in total. The predicted octanol–water partition coefficient (Wildman–Crippen LogP) is 1.64. The molecule has 2 aromatic rings. The van der Waals surface area contributed by atoms with Gasteiger partial charge in [-0.15, -0.1) is 0 Å². The lowest BCUT2D eigenvalue weighted by Crippen LogP contribution is -2.17. The van der Waals surface area contributed by atoms with Crippen LogP contribution in [0.3, 0.4) is 0 Å². The molecule has 3 N–H and O–H groups in total. The minimum Gasteiger partial charge on any atom is -0.490 e. The number of carbonyl (C=O) groups excluding carboxylic acids is 2. The number of nitrogens with zero attached hydrogens (tertiary/aromatic N) is 1. The van der Waals surface area contributed by atoms with E-state index in [9.17, 15) is 9.59 Å². The van der Waals surface area contributed by atoms with Crippen LogP contribution in [0.25, 0.3) is 10.8 Å². The molecule has 1 aliphatic heterocycles. The maximum absolute atomic E-state index is 11.7. The van der Waals surface area contributed by atoms with Crippen molar-refractivity contribution in [1.29, 1.82) is 0 Å². The van der Waals surface area contributed by atoms with Crippen molar-refractivity contribution in [2.45, 2.75) is 26.4 Å². The topological polar surface area (TPSA) is 104 Å². The van der Waals surface area contributed by atoms with E-state index in [1.165, 1.54) is 0 Å². The second-order valence-corrected chi connectivity index (χ2v) is 6.40. The molecule has 0 spiro atoms. The van der Waals surface area contributed by atoms with Crippen molar-refractivity contribution in [3.63, 3.8) is 0 Å². The minimum atomic E-state index is -0.549. The molecule has 2 heterocycles. The number of nitrogens with one attached hydrogen (secondary N) is 1. The molecule has 1 aromatic heterocycles. The van der Waals surface area contributed by atoms with Crippen LogP contribution in [0.2, 0.25) is 0 Å². The number of ether oxygens (including phenoxy) is 2. The molecule has 0 radical (unpaired) electrons. The number of nitrogens with two attached hydrogens (primary N) is 1. The van der Waals surface area contributed by atoms with E-state index >= 15 is 0 Å². The number of carbonyl (C=O) groups is 2. The molecule has 1 atom stereocenters. The zero-order chi connectivity index (χ0) is 18.0. The summed E-state index contributed by atoms with van der Waals surface area (Å²) >= 11 is 0. The van der Waals surface area contributed by atoms with E-state index in [1.54, 1.807) is 24.4 Å². The Labute approximate surface area is 145 Å². The molecule has 25 heavy (non-hydrogen) atoms. The van der Waals surface area contributed by atoms with E-state index in [0.717, 1.165) is 10.8 Å². The number of primary amides is 1. The largest absolute Gasteiger partial charge is 0.490 e. The average Bonchev–Trinajstić information content (AvgIpc) is 2.97. The van der Waals surface area contributed by atoms with Gasteiger partial charge < -0.3 is 20.5 Å². The van der Waals surface area contributed by atoms with E-state index < -0.39 is 5.91 Å². The molecule has 1 fully saturated rings. The summed E-state index contributed by atoms with van der Waals surface area (Å²) < 4.78 is 11.6. The summed E-state index contributed by atoms with van der Waals surface area (Å²) in [5.41, 5.74) is 5.79. The highest BCUT2D eigenvalue weighted by atomic mass is 16.5. The van der Waals surface area contributed by atoms with Crippen LogP contribution in [-0.2, 0) is 4.79 Å². The first-order chi connectivity index (χ1) is 11.9. The number of rotatable bonds is 6. The molecule has 7 heteroatoms. The Kier molecular flexibility index (Phi) is 4.74. The Balaban J connectivity index is 1.93. The van der Waals surface area contributed by atoms with Gasteiger partial charge in [0.15, 0.2) is 0 Å². The summed E-state index contributed by atoms with van der Waals surface area (Å²) in [6, 6.07) is 5.20. The molecule has 0 bridgehead atoms. The van der Waals surface area contributed by atoms with Crippen LogP contribution in [0.4, 0.5) is 0 Å². The third-order valence-corrected chi connectivity index (χ3v) is 3.97. The predicted molar refractivity (Wildman–Crippen MR) is 92.6 cm³/mol. The van der Waals surface area contributed by atoms with Gasteiger partial charge in [0.25, 0.3) is 5.91 Å². The Hall–Kier alpha value is -2.83. The maximum Gasteiger partial charge on any atom is 0.252 e. The van der Waals surface area contributed by atoms with Crippen LogP contribution in [-0.4, -0.2) is 36.1 Å². The van der Waals surface area contributed by atoms with Gasteiger partial charge in [-0.05, 0) is 37.4 Å². The highest BCUT2D eigenvalue weighted by Crippen LogP contribution is 2.31. The average molecular weight is 343 g/mol. The fraction of sp³-hybridized carbons (Fsp3) is 0.389. The van der Waals surface area contributed by atoms with Crippen molar-refractivity contribution >= 4 is 22.6 Å². The molecule has 3 rings (SSSR count). The van der Waals surface area contributed by atoms with Crippen LogP contribution in [0.15, 0.2) is 24.4 Å². The summed E-state index contributed by atoms with van der Waals surface area (Å²) in [7, 11) is 0. The number of hydrogen-bond acceptors (Lipinski definition) is 5. The first kappa shape index (κ1) is 17.0. The van der Waals surface area contributed by atoms with Gasteiger partial charge in [0.05, 0.1) is 18.3 Å². The van der Waals surface area contributed by atoms with Gasteiger partial charge >= 0.3 is 0 Å². The van der Waals surface area contributed by atoms with Crippen molar-refractivity contribution in [2.24, 2.45) is 11.7 Å². The van der Waals surface area contributed by atoms with E-state index in [2.05, 4.69) is 10.3 Å². The molecule has 2 amide bonds. The van der Waals surface area contributed by atoms with E-state index in [-0.39, 0.29) is 17.9 Å². The number of benzene rings is 1. The van der Waals surface area contributed by atoms with Crippen LogP contribution in [0.1, 0.15) is 30.6 Å². The van der Waals surface area contributed by atoms with Gasteiger partial charge in [-0.1, -0.05) is 0 Å². The second kappa shape index (κ2) is 6.96. The van der Waals surface area contributed by atoms with Crippen LogP contribution < -0.4 is 20.5 Å². The first-order valence-electron chi connectivity index (χ1n) is 8.22. The molecule has 1 aromatic carbocycles. The number of fused-ring (bicyclic) bond motifs is 1. The highest BCUT2D eigenvalue weighted by molar-refractivity contribution is 6.01. The van der Waals surface area contributed by atoms with Crippen LogP contribution in [0, 0.1) is 5.92 Å². The van der Waals surface area contributed by atoms with E-state index in [0.29, 0.717) is 36.8 Å². The standard InChI is InChI=1S/C18H21N3O4/c1-10(2)25-15-7-13-12(6-14(15)17(19)23)3-4-20-18(13)24-9-11-5-16(22)21-8-11/h3-4,6-7,10-11H,5,8-9H2,1-2H3,(H2,19,23)(H,21,22)/t11-/m0/s1. The van der Waals surface area contributed by atoms with Crippen molar-refractivity contribution in [3.8, 4) is 11.6 Å². The molecule has 0 saturated carbocycles. The van der Waals surface area contributed by atoms with Crippen molar-refractivity contribution in [2.75, 3.05) is 13.2 Å². The number of pyridine rings is 1. The Bertz CT molecular complexity index is 819. The SMILES string of the molecule is CC(C)Oc1cc2c(OC[C@@H]3CNC(=O)C3)nccc2cc1C(N)=O.